The highest BCUT2D eigenvalue weighted by atomic mass is 16.1. The van der Waals surface area contributed by atoms with Crippen LogP contribution in [0.3, 0.4) is 0 Å². The van der Waals surface area contributed by atoms with Crippen LogP contribution in [-0.2, 0) is 5.41 Å². The lowest BCUT2D eigenvalue weighted by Crippen LogP contribution is -2.10. The van der Waals surface area contributed by atoms with Crippen LogP contribution in [-0.4, -0.2) is 10.8 Å². The third-order valence-corrected chi connectivity index (χ3v) is 2.85. The number of hydrogen-bond donors (Lipinski definition) is 1. The molecule has 0 amide bonds. The molecule has 0 unspecified atom stereocenters. The molecule has 0 saturated carbocycles. The average Bonchev–Trinajstić information content (AvgIpc) is 2.59. The van der Waals surface area contributed by atoms with Crippen molar-refractivity contribution < 1.29 is 4.79 Å². The molecular weight excluding hydrogens is 198 g/mol. The number of ketones is 1. The van der Waals surface area contributed by atoms with Crippen molar-refractivity contribution in [2.75, 3.05) is 0 Å². The number of H-pyrrole nitrogens is 1. The normalized spacial score (nSPS) is 12.0. The van der Waals surface area contributed by atoms with E-state index in [0.29, 0.717) is 0 Å². The topological polar surface area (TPSA) is 32.9 Å². The number of hydrogen-bond acceptors (Lipinski definition) is 1. The van der Waals surface area contributed by atoms with Gasteiger partial charge in [-0.15, -0.1) is 0 Å². The number of benzene rings is 1. The zero-order valence-corrected chi connectivity index (χ0v) is 10.2. The van der Waals surface area contributed by atoms with E-state index in [1.807, 2.05) is 18.2 Å². The summed E-state index contributed by atoms with van der Waals surface area (Å²) in [5, 5.41) is 1.03. The molecule has 1 aromatic heterocycles. The van der Waals surface area contributed by atoms with E-state index in [9.17, 15) is 4.79 Å². The van der Waals surface area contributed by atoms with Crippen LogP contribution in [0.5, 0.6) is 0 Å². The van der Waals surface area contributed by atoms with Gasteiger partial charge >= 0.3 is 0 Å². The second-order valence-electron chi connectivity index (χ2n) is 5.26. The lowest BCUT2D eigenvalue weighted by molar-refractivity contribution is 0.101. The number of nitrogens with one attached hydrogen (secondary N) is 1. The van der Waals surface area contributed by atoms with Crippen LogP contribution in [0, 0.1) is 0 Å². The first-order valence-electron chi connectivity index (χ1n) is 5.53. The van der Waals surface area contributed by atoms with Crippen molar-refractivity contribution >= 4 is 16.7 Å². The molecule has 1 N–H and O–H groups in total. The lowest BCUT2D eigenvalue weighted by Gasteiger charge is -2.15. The second kappa shape index (κ2) is 3.48. The molecule has 0 bridgehead atoms. The maximum atomic E-state index is 11.5. The third-order valence-electron chi connectivity index (χ3n) is 2.85. The molecule has 0 atom stereocenters. The molecular formula is C14H17NO. The Kier molecular flexibility index (Phi) is 2.38. The van der Waals surface area contributed by atoms with Crippen molar-refractivity contribution in [1.29, 1.82) is 0 Å². The van der Waals surface area contributed by atoms with E-state index in [1.54, 1.807) is 6.92 Å². The molecule has 0 aliphatic carbocycles. The number of carbonyl (C=O) groups is 1. The number of rotatable bonds is 1. The van der Waals surface area contributed by atoms with Gasteiger partial charge in [-0.25, -0.2) is 0 Å². The van der Waals surface area contributed by atoms with Crippen LogP contribution < -0.4 is 0 Å². The fourth-order valence-corrected chi connectivity index (χ4v) is 1.87. The molecule has 16 heavy (non-hydrogen) atoms. The summed E-state index contributed by atoms with van der Waals surface area (Å²) < 4.78 is 0. The predicted molar refractivity (Wildman–Crippen MR) is 67.0 cm³/mol. The molecule has 0 saturated heterocycles. The Morgan fingerprint density at radius 3 is 2.50 bits per heavy atom. The predicted octanol–water partition coefficient (Wildman–Crippen LogP) is 3.67. The van der Waals surface area contributed by atoms with E-state index in [2.05, 4.69) is 31.8 Å². The highest BCUT2D eigenvalue weighted by Gasteiger charge is 2.17. The van der Waals surface area contributed by atoms with E-state index in [0.717, 1.165) is 22.2 Å². The van der Waals surface area contributed by atoms with E-state index in [1.165, 1.54) is 0 Å². The monoisotopic (exact) mass is 215 g/mol. The number of Topliss-reactive ketones (excluding diaryl/α,β-unsaturated/α-hetero) is 1. The van der Waals surface area contributed by atoms with Gasteiger partial charge in [0.2, 0.25) is 0 Å². The summed E-state index contributed by atoms with van der Waals surface area (Å²) in [6.45, 7) is 8.08. The molecule has 1 aromatic carbocycles. The van der Waals surface area contributed by atoms with Gasteiger partial charge in [-0.1, -0.05) is 32.9 Å². The number of carbonyl (C=O) groups excluding carboxylic acids is 1. The maximum absolute atomic E-state index is 11.5. The number of aromatic amines is 1. The smallest absolute Gasteiger partial charge is 0.160 e. The van der Waals surface area contributed by atoms with E-state index < -0.39 is 0 Å². The minimum absolute atomic E-state index is 0.0765. The highest BCUT2D eigenvalue weighted by Crippen LogP contribution is 2.27. The lowest BCUT2D eigenvalue weighted by atomic mass is 9.92. The Morgan fingerprint density at radius 2 is 1.94 bits per heavy atom. The first kappa shape index (κ1) is 10.9. The minimum Gasteiger partial charge on any atom is -0.358 e. The molecule has 0 aliphatic heterocycles. The molecule has 84 valence electrons. The Bertz CT molecular complexity index is 543. The summed E-state index contributed by atoms with van der Waals surface area (Å²) in [4.78, 5) is 14.9. The number of fused-ring (bicyclic) bond motifs is 1. The molecule has 2 aromatic rings. The molecule has 2 heteroatoms. The van der Waals surface area contributed by atoms with Crippen molar-refractivity contribution in [3.05, 3.63) is 35.5 Å². The van der Waals surface area contributed by atoms with Crippen molar-refractivity contribution in [2.24, 2.45) is 0 Å². The van der Waals surface area contributed by atoms with Gasteiger partial charge in [0.05, 0.1) is 0 Å². The molecule has 0 fully saturated rings. The molecule has 0 radical (unpaired) electrons. The quantitative estimate of drug-likeness (QED) is 0.723. The standard InChI is InChI=1S/C14H17NO/c1-9(16)10-6-5-7-12-11(10)8-13(15-12)14(2,3)4/h5-8,15H,1-4H3. The van der Waals surface area contributed by atoms with Crippen molar-refractivity contribution in [3.8, 4) is 0 Å². The molecule has 0 spiro atoms. The summed E-state index contributed by atoms with van der Waals surface area (Å²) in [6, 6.07) is 7.90. The molecule has 1 heterocycles. The Labute approximate surface area is 95.7 Å². The summed E-state index contributed by atoms with van der Waals surface area (Å²) in [5.41, 5.74) is 3.07. The summed E-state index contributed by atoms with van der Waals surface area (Å²) in [5.74, 6) is 0.116. The highest BCUT2D eigenvalue weighted by molar-refractivity contribution is 6.06. The molecule has 2 rings (SSSR count). The summed E-state index contributed by atoms with van der Waals surface area (Å²) >= 11 is 0. The number of aromatic nitrogens is 1. The summed E-state index contributed by atoms with van der Waals surface area (Å²) in [7, 11) is 0. The second-order valence-corrected chi connectivity index (χ2v) is 5.26. The van der Waals surface area contributed by atoms with Crippen LogP contribution in [0.2, 0.25) is 0 Å². The van der Waals surface area contributed by atoms with E-state index in [4.69, 9.17) is 0 Å². The molecule has 0 aliphatic rings. The van der Waals surface area contributed by atoms with Gasteiger partial charge in [0, 0.05) is 27.6 Å². The van der Waals surface area contributed by atoms with Gasteiger partial charge in [-0.05, 0) is 19.1 Å². The SMILES string of the molecule is CC(=O)c1cccc2[nH]c(C(C)(C)C)cc12. The summed E-state index contributed by atoms with van der Waals surface area (Å²) in [6.07, 6.45) is 0. The van der Waals surface area contributed by atoms with Gasteiger partial charge < -0.3 is 4.98 Å². The van der Waals surface area contributed by atoms with Crippen LogP contribution in [0.25, 0.3) is 10.9 Å². The minimum atomic E-state index is 0.0765. The first-order valence-corrected chi connectivity index (χ1v) is 5.53. The van der Waals surface area contributed by atoms with E-state index >= 15 is 0 Å². The van der Waals surface area contributed by atoms with Crippen LogP contribution >= 0.6 is 0 Å². The van der Waals surface area contributed by atoms with Crippen molar-refractivity contribution in [2.45, 2.75) is 33.1 Å². The largest absolute Gasteiger partial charge is 0.358 e. The zero-order chi connectivity index (χ0) is 11.9. The average molecular weight is 215 g/mol. The Balaban J connectivity index is 2.71. The first-order chi connectivity index (χ1) is 7.39. The fraction of sp³-hybridized carbons (Fsp3) is 0.357. The van der Waals surface area contributed by atoms with Crippen LogP contribution in [0.15, 0.2) is 24.3 Å². The van der Waals surface area contributed by atoms with Gasteiger partial charge in [-0.2, -0.15) is 0 Å². The van der Waals surface area contributed by atoms with Gasteiger partial charge in [0.15, 0.2) is 5.78 Å². The molecule has 2 nitrogen and oxygen atoms in total. The van der Waals surface area contributed by atoms with Crippen molar-refractivity contribution in [3.63, 3.8) is 0 Å². The van der Waals surface area contributed by atoms with Crippen molar-refractivity contribution in [1.82, 2.24) is 4.98 Å². The van der Waals surface area contributed by atoms with Crippen LogP contribution in [0.4, 0.5) is 0 Å². The third kappa shape index (κ3) is 1.75. The fourth-order valence-electron chi connectivity index (χ4n) is 1.87. The van der Waals surface area contributed by atoms with Gasteiger partial charge in [0.25, 0.3) is 0 Å². The Morgan fingerprint density at radius 1 is 1.25 bits per heavy atom. The van der Waals surface area contributed by atoms with Crippen LogP contribution in [0.1, 0.15) is 43.7 Å². The zero-order valence-electron chi connectivity index (χ0n) is 10.2. The van der Waals surface area contributed by atoms with Gasteiger partial charge in [0.1, 0.15) is 0 Å². The van der Waals surface area contributed by atoms with Gasteiger partial charge in [-0.3, -0.25) is 4.79 Å². The maximum Gasteiger partial charge on any atom is 0.160 e. The Hall–Kier alpha value is -1.57. The van der Waals surface area contributed by atoms with E-state index in [-0.39, 0.29) is 11.2 Å².